The van der Waals surface area contributed by atoms with Crippen LogP contribution in [0.4, 0.5) is 17.1 Å². The van der Waals surface area contributed by atoms with Gasteiger partial charge in [-0.15, -0.1) is 0 Å². The van der Waals surface area contributed by atoms with Crippen molar-refractivity contribution in [2.24, 2.45) is 0 Å². The summed E-state index contributed by atoms with van der Waals surface area (Å²) in [7, 11) is 1.73. The second-order valence-electron chi connectivity index (χ2n) is 9.59. The van der Waals surface area contributed by atoms with Gasteiger partial charge < -0.3 is 9.64 Å². The van der Waals surface area contributed by atoms with Crippen LogP contribution in [0.3, 0.4) is 0 Å². The number of nitrogens with zero attached hydrogens (tertiary/aromatic N) is 3. The van der Waals surface area contributed by atoms with Crippen molar-refractivity contribution in [2.75, 3.05) is 49.6 Å². The van der Waals surface area contributed by atoms with Gasteiger partial charge in [0.25, 0.3) is 0 Å². The number of piperazine rings is 1. The molecule has 5 nitrogen and oxygen atoms in total. The largest absolute Gasteiger partial charge is 0.495 e. The lowest BCUT2D eigenvalue weighted by atomic mass is 10.0. The van der Waals surface area contributed by atoms with E-state index in [-0.39, 0.29) is 5.91 Å². The van der Waals surface area contributed by atoms with Crippen LogP contribution in [0.25, 0.3) is 0 Å². The summed E-state index contributed by atoms with van der Waals surface area (Å²) in [6.45, 7) is 5.05. The molecule has 2 aliphatic heterocycles. The third-order valence-corrected chi connectivity index (χ3v) is 7.58. The highest BCUT2D eigenvalue weighted by atomic mass is 35.5. The Morgan fingerprint density at radius 2 is 1.53 bits per heavy atom. The van der Waals surface area contributed by atoms with Crippen molar-refractivity contribution in [3.05, 3.63) is 82.9 Å². The van der Waals surface area contributed by atoms with Crippen molar-refractivity contribution >= 4 is 34.6 Å². The first-order valence-corrected chi connectivity index (χ1v) is 13.3. The highest BCUT2D eigenvalue weighted by Gasteiger charge is 2.26. The zero-order valence-corrected chi connectivity index (χ0v) is 21.7. The van der Waals surface area contributed by atoms with Crippen LogP contribution in [-0.2, 0) is 17.6 Å². The molecule has 1 fully saturated rings. The molecular formula is C30H34ClN3O2. The number of unbranched alkanes of at least 4 members (excludes halogenated alkanes) is 1. The van der Waals surface area contributed by atoms with E-state index in [9.17, 15) is 4.79 Å². The van der Waals surface area contributed by atoms with Crippen molar-refractivity contribution in [3.63, 3.8) is 0 Å². The van der Waals surface area contributed by atoms with Crippen LogP contribution in [0.15, 0.2) is 66.7 Å². The molecule has 0 unspecified atom stereocenters. The first kappa shape index (κ1) is 24.7. The number of halogens is 1. The Labute approximate surface area is 219 Å². The van der Waals surface area contributed by atoms with Gasteiger partial charge in [-0.1, -0.05) is 48.0 Å². The molecule has 3 aromatic carbocycles. The Morgan fingerprint density at radius 3 is 2.31 bits per heavy atom. The molecule has 2 aliphatic rings. The van der Waals surface area contributed by atoms with Crippen LogP contribution in [0.1, 0.15) is 30.4 Å². The fraction of sp³-hybridized carbons (Fsp3) is 0.367. The van der Waals surface area contributed by atoms with E-state index >= 15 is 0 Å². The maximum atomic E-state index is 13.5. The van der Waals surface area contributed by atoms with E-state index in [1.165, 1.54) is 16.8 Å². The third-order valence-electron chi connectivity index (χ3n) is 7.35. The fourth-order valence-corrected chi connectivity index (χ4v) is 5.56. The number of para-hydroxylation sites is 3. The van der Waals surface area contributed by atoms with Gasteiger partial charge in [-0.25, -0.2) is 0 Å². The summed E-state index contributed by atoms with van der Waals surface area (Å²) in [6, 6.07) is 22.4. The summed E-state index contributed by atoms with van der Waals surface area (Å²) >= 11 is 6.35. The van der Waals surface area contributed by atoms with E-state index in [1.807, 2.05) is 35.2 Å². The first-order valence-electron chi connectivity index (χ1n) is 12.9. The van der Waals surface area contributed by atoms with Crippen LogP contribution in [0.5, 0.6) is 5.75 Å². The highest BCUT2D eigenvalue weighted by molar-refractivity contribution is 6.31. The lowest BCUT2D eigenvalue weighted by molar-refractivity contribution is -0.118. The number of amides is 1. The van der Waals surface area contributed by atoms with Gasteiger partial charge in [0.15, 0.2) is 0 Å². The maximum Gasteiger partial charge on any atom is 0.231 e. The lowest BCUT2D eigenvalue weighted by Gasteiger charge is -2.36. The number of carbonyl (C=O) groups is 1. The molecule has 188 valence electrons. The minimum absolute atomic E-state index is 0.147. The average molecular weight is 504 g/mol. The molecule has 0 saturated carbocycles. The van der Waals surface area contributed by atoms with E-state index in [0.29, 0.717) is 11.4 Å². The Kier molecular flexibility index (Phi) is 7.78. The van der Waals surface area contributed by atoms with Crippen LogP contribution < -0.4 is 14.5 Å². The first-order chi connectivity index (χ1) is 17.6. The molecule has 1 amide bonds. The smallest absolute Gasteiger partial charge is 0.231 e. The number of ether oxygens (including phenoxy) is 1. The van der Waals surface area contributed by atoms with E-state index in [1.54, 1.807) is 7.11 Å². The summed E-state index contributed by atoms with van der Waals surface area (Å²) in [5.41, 5.74) is 5.49. The Balaban J connectivity index is 1.17. The second-order valence-corrected chi connectivity index (χ2v) is 10.0. The van der Waals surface area contributed by atoms with Gasteiger partial charge in [0.2, 0.25) is 5.91 Å². The number of rotatable bonds is 7. The Morgan fingerprint density at radius 1 is 0.833 bits per heavy atom. The third kappa shape index (κ3) is 5.37. The molecule has 0 spiro atoms. The quantitative estimate of drug-likeness (QED) is 0.365. The number of benzene rings is 3. The Hall–Kier alpha value is -3.02. The summed E-state index contributed by atoms with van der Waals surface area (Å²) in [5, 5.41) is 0.665. The number of carbonyl (C=O) groups excluding carboxylic acids is 1. The zero-order valence-electron chi connectivity index (χ0n) is 21.0. The second kappa shape index (κ2) is 11.4. The van der Waals surface area contributed by atoms with Gasteiger partial charge >= 0.3 is 0 Å². The van der Waals surface area contributed by atoms with Gasteiger partial charge in [0.1, 0.15) is 5.75 Å². The average Bonchev–Trinajstić information content (AvgIpc) is 3.08. The molecule has 0 radical (unpaired) electrons. The topological polar surface area (TPSA) is 36.0 Å². The van der Waals surface area contributed by atoms with Gasteiger partial charge in [-0.05, 0) is 73.7 Å². The SMILES string of the molecule is COc1ccccc1N1CCN(CCCCC(=O)N2c3ccccc3CCc3ccc(Cl)cc32)CC1. The summed E-state index contributed by atoms with van der Waals surface area (Å²) < 4.78 is 5.54. The zero-order chi connectivity index (χ0) is 24.9. The number of aryl methyl sites for hydroxylation is 2. The van der Waals surface area contributed by atoms with Crippen molar-refractivity contribution in [3.8, 4) is 5.75 Å². The molecule has 6 heteroatoms. The monoisotopic (exact) mass is 503 g/mol. The lowest BCUT2D eigenvalue weighted by Crippen LogP contribution is -2.46. The van der Waals surface area contributed by atoms with Gasteiger partial charge in [-0.2, -0.15) is 0 Å². The summed E-state index contributed by atoms with van der Waals surface area (Å²) in [4.78, 5) is 20.4. The molecule has 5 rings (SSSR count). The predicted octanol–water partition coefficient (Wildman–Crippen LogP) is 6.10. The number of fused-ring (bicyclic) bond motifs is 2. The number of methoxy groups -OCH3 is 1. The molecule has 0 N–H and O–H groups in total. The summed E-state index contributed by atoms with van der Waals surface area (Å²) in [5.74, 6) is 1.08. The van der Waals surface area contributed by atoms with Gasteiger partial charge in [-0.3, -0.25) is 14.6 Å². The minimum Gasteiger partial charge on any atom is -0.495 e. The molecule has 3 aromatic rings. The molecule has 0 aliphatic carbocycles. The van der Waals surface area contributed by atoms with Crippen LogP contribution >= 0.6 is 11.6 Å². The normalized spacial score (nSPS) is 15.7. The van der Waals surface area contributed by atoms with E-state index in [4.69, 9.17) is 16.3 Å². The highest BCUT2D eigenvalue weighted by Crippen LogP contribution is 2.38. The van der Waals surface area contributed by atoms with Crippen molar-refractivity contribution in [2.45, 2.75) is 32.1 Å². The maximum absolute atomic E-state index is 13.5. The minimum atomic E-state index is 0.147. The van der Waals surface area contributed by atoms with Crippen molar-refractivity contribution in [1.82, 2.24) is 4.90 Å². The Bertz CT molecular complexity index is 1210. The fourth-order valence-electron chi connectivity index (χ4n) is 5.39. The van der Waals surface area contributed by atoms with Crippen LogP contribution in [0.2, 0.25) is 5.02 Å². The van der Waals surface area contributed by atoms with Crippen molar-refractivity contribution < 1.29 is 9.53 Å². The number of hydrogen-bond acceptors (Lipinski definition) is 4. The molecule has 36 heavy (non-hydrogen) atoms. The standard InChI is InChI=1S/C30H34ClN3O2/c1-36-29-11-5-4-10-27(29)33-20-18-32(19-21-33)17-7-6-12-30(35)34-26-9-3-2-8-23(26)13-14-24-15-16-25(31)22-28(24)34/h2-5,8-11,15-16,22H,6-7,12-14,17-21H2,1H3. The number of hydrogen-bond donors (Lipinski definition) is 0. The van der Waals surface area contributed by atoms with Crippen LogP contribution in [0, 0.1) is 0 Å². The molecule has 2 heterocycles. The molecule has 0 aromatic heterocycles. The number of anilines is 3. The van der Waals surface area contributed by atoms with Gasteiger partial charge in [0.05, 0.1) is 24.2 Å². The van der Waals surface area contributed by atoms with E-state index in [2.05, 4.69) is 46.2 Å². The summed E-state index contributed by atoms with van der Waals surface area (Å²) in [6.07, 6.45) is 4.25. The van der Waals surface area contributed by atoms with E-state index < -0.39 is 0 Å². The van der Waals surface area contributed by atoms with Gasteiger partial charge in [0, 0.05) is 37.6 Å². The molecule has 0 bridgehead atoms. The van der Waals surface area contributed by atoms with Crippen molar-refractivity contribution in [1.29, 1.82) is 0 Å². The van der Waals surface area contributed by atoms with E-state index in [0.717, 1.165) is 75.5 Å². The molecular weight excluding hydrogens is 470 g/mol. The predicted molar refractivity (Wildman–Crippen MR) is 148 cm³/mol. The molecule has 0 atom stereocenters. The molecule has 1 saturated heterocycles. The van der Waals surface area contributed by atoms with Crippen LogP contribution in [-0.4, -0.2) is 50.6 Å².